The van der Waals surface area contributed by atoms with E-state index in [-0.39, 0.29) is 22.3 Å². The zero-order valence-corrected chi connectivity index (χ0v) is 21.1. The van der Waals surface area contributed by atoms with Crippen LogP contribution in [-0.2, 0) is 4.79 Å². The molecule has 4 aliphatic rings. The second-order valence-corrected chi connectivity index (χ2v) is 12.8. The minimum atomic E-state index is -0.332. The highest BCUT2D eigenvalue weighted by atomic mass is 16.3. The van der Waals surface area contributed by atoms with Gasteiger partial charge in [-0.05, 0) is 113 Å². The third kappa shape index (κ3) is 3.42. The second kappa shape index (κ2) is 7.86. The van der Waals surface area contributed by atoms with Gasteiger partial charge in [0.2, 0.25) is 0 Å². The van der Waals surface area contributed by atoms with Crippen molar-refractivity contribution in [3.63, 3.8) is 0 Å². The molecule has 0 aliphatic heterocycles. The zero-order chi connectivity index (χ0) is 22.8. The van der Waals surface area contributed by atoms with E-state index in [0.29, 0.717) is 41.8 Å². The van der Waals surface area contributed by atoms with Gasteiger partial charge in [-0.15, -0.1) is 0 Å². The van der Waals surface area contributed by atoms with Crippen molar-refractivity contribution in [3.05, 3.63) is 23.3 Å². The van der Waals surface area contributed by atoms with Gasteiger partial charge in [0.05, 0.1) is 6.10 Å². The molecular weight excluding hydrogens is 380 g/mol. The molecular formula is C29H46O2. The molecule has 0 heterocycles. The van der Waals surface area contributed by atoms with E-state index in [1.807, 2.05) is 0 Å². The van der Waals surface area contributed by atoms with Crippen LogP contribution in [0.15, 0.2) is 23.3 Å². The summed E-state index contributed by atoms with van der Waals surface area (Å²) in [6.07, 6.45) is 13.3. The minimum Gasteiger partial charge on any atom is -0.393 e. The van der Waals surface area contributed by atoms with Gasteiger partial charge in [0.25, 0.3) is 0 Å². The second-order valence-electron chi connectivity index (χ2n) is 12.8. The molecule has 3 saturated carbocycles. The molecule has 4 aliphatic carbocycles. The van der Waals surface area contributed by atoms with Crippen molar-refractivity contribution < 1.29 is 9.90 Å². The van der Waals surface area contributed by atoms with Crippen molar-refractivity contribution >= 4 is 5.78 Å². The molecule has 0 aromatic rings. The van der Waals surface area contributed by atoms with Crippen LogP contribution in [-0.4, -0.2) is 17.0 Å². The van der Waals surface area contributed by atoms with Gasteiger partial charge in [0.1, 0.15) is 5.78 Å². The number of carbonyl (C=O) groups is 1. The maximum atomic E-state index is 12.7. The average Bonchev–Trinajstić information content (AvgIpc) is 3.05. The van der Waals surface area contributed by atoms with Crippen LogP contribution in [0, 0.1) is 45.8 Å². The fraction of sp³-hybridized carbons (Fsp3) is 0.828. The van der Waals surface area contributed by atoms with Crippen molar-refractivity contribution in [2.75, 3.05) is 0 Å². The number of fused-ring (bicyclic) bond motifs is 5. The SMILES string of the molecule is CC(C)=CCC[C@@H](C)[C@H]1CC[C@H]2[C@@H]3CC=C4C(C)(C)C(=O)CC[C@]4(C)[C@H]3CC(O)[C@]12C. The molecule has 0 aromatic carbocycles. The lowest BCUT2D eigenvalue weighted by Crippen LogP contribution is -2.58. The van der Waals surface area contributed by atoms with Crippen LogP contribution in [0.4, 0.5) is 0 Å². The van der Waals surface area contributed by atoms with E-state index in [1.165, 1.54) is 30.4 Å². The minimum absolute atomic E-state index is 0.0489. The predicted octanol–water partition coefficient (Wildman–Crippen LogP) is 7.12. The molecule has 1 unspecified atom stereocenters. The number of allylic oxidation sites excluding steroid dienone is 4. The van der Waals surface area contributed by atoms with Crippen LogP contribution in [0.3, 0.4) is 0 Å². The molecule has 2 heteroatoms. The molecule has 174 valence electrons. The van der Waals surface area contributed by atoms with E-state index < -0.39 is 0 Å². The highest BCUT2D eigenvalue weighted by Crippen LogP contribution is 2.68. The summed E-state index contributed by atoms with van der Waals surface area (Å²) in [5.74, 6) is 3.50. The van der Waals surface area contributed by atoms with Gasteiger partial charge < -0.3 is 5.11 Å². The lowest BCUT2D eigenvalue weighted by Gasteiger charge is -2.61. The lowest BCUT2D eigenvalue weighted by molar-refractivity contribution is -0.145. The summed E-state index contributed by atoms with van der Waals surface area (Å²) in [6, 6.07) is 0. The van der Waals surface area contributed by atoms with Crippen LogP contribution >= 0.6 is 0 Å². The monoisotopic (exact) mass is 426 g/mol. The summed E-state index contributed by atoms with van der Waals surface area (Å²) >= 11 is 0. The van der Waals surface area contributed by atoms with E-state index in [2.05, 4.69) is 60.6 Å². The third-order valence-electron chi connectivity index (χ3n) is 10.7. The van der Waals surface area contributed by atoms with E-state index >= 15 is 0 Å². The van der Waals surface area contributed by atoms with Gasteiger partial charge in [0, 0.05) is 11.8 Å². The molecule has 1 N–H and O–H groups in total. The van der Waals surface area contributed by atoms with Gasteiger partial charge in [-0.1, -0.05) is 44.1 Å². The molecule has 2 nitrogen and oxygen atoms in total. The normalized spacial score (nSPS) is 44.6. The van der Waals surface area contributed by atoms with Gasteiger partial charge in [0.15, 0.2) is 0 Å². The van der Waals surface area contributed by atoms with E-state index in [4.69, 9.17) is 0 Å². The van der Waals surface area contributed by atoms with Gasteiger partial charge in [-0.3, -0.25) is 4.79 Å². The summed E-state index contributed by atoms with van der Waals surface area (Å²) in [7, 11) is 0. The number of aliphatic hydroxyl groups is 1. The van der Waals surface area contributed by atoms with Crippen LogP contribution in [0.25, 0.3) is 0 Å². The van der Waals surface area contributed by atoms with Crippen molar-refractivity contribution in [2.45, 2.75) is 106 Å². The van der Waals surface area contributed by atoms with Crippen LogP contribution in [0.2, 0.25) is 0 Å². The number of ketones is 1. The summed E-state index contributed by atoms with van der Waals surface area (Å²) in [5, 5.41) is 11.7. The van der Waals surface area contributed by atoms with Crippen molar-refractivity contribution in [3.8, 4) is 0 Å². The lowest BCUT2D eigenvalue weighted by atomic mass is 9.43. The number of Topliss-reactive ketones (excluding diaryl/α,β-unsaturated/α-hetero) is 1. The predicted molar refractivity (Wildman–Crippen MR) is 129 cm³/mol. The Labute approximate surface area is 191 Å². The summed E-state index contributed by atoms with van der Waals surface area (Å²) < 4.78 is 0. The number of carbonyl (C=O) groups excluding carboxylic acids is 1. The van der Waals surface area contributed by atoms with Crippen LogP contribution in [0.1, 0.15) is 99.8 Å². The Kier molecular flexibility index (Phi) is 5.90. The number of aliphatic hydroxyl groups excluding tert-OH is 1. The van der Waals surface area contributed by atoms with Gasteiger partial charge in [-0.25, -0.2) is 0 Å². The maximum Gasteiger partial charge on any atom is 0.142 e. The quantitative estimate of drug-likeness (QED) is 0.486. The Morgan fingerprint density at radius 1 is 1.19 bits per heavy atom. The number of rotatable bonds is 4. The standard InChI is InChI=1S/C29H46O2/c1-18(2)9-8-10-19(3)21-12-13-22-20-11-14-24-27(4,5)25(30)15-16-28(24,6)23(20)17-26(31)29(21,22)7/h9,14,19-23,26,31H,8,10-13,15-17H2,1-7H3/t19-,20+,21-,22+,23+,26?,28-,29-/m1/s1. The Hall–Kier alpha value is -0.890. The molecule has 0 bridgehead atoms. The molecule has 3 fully saturated rings. The highest BCUT2D eigenvalue weighted by molar-refractivity contribution is 5.89. The van der Waals surface area contributed by atoms with Crippen LogP contribution in [0.5, 0.6) is 0 Å². The van der Waals surface area contributed by atoms with Crippen molar-refractivity contribution in [1.29, 1.82) is 0 Å². The third-order valence-corrected chi connectivity index (χ3v) is 10.7. The summed E-state index contributed by atoms with van der Waals surface area (Å²) in [6.45, 7) is 16.0. The van der Waals surface area contributed by atoms with Gasteiger partial charge in [-0.2, -0.15) is 0 Å². The summed E-state index contributed by atoms with van der Waals surface area (Å²) in [5.41, 5.74) is 2.60. The van der Waals surface area contributed by atoms with E-state index in [1.54, 1.807) is 0 Å². The Bertz CT molecular complexity index is 785. The number of hydrogen-bond donors (Lipinski definition) is 1. The van der Waals surface area contributed by atoms with Crippen molar-refractivity contribution in [2.24, 2.45) is 45.8 Å². The molecule has 0 saturated heterocycles. The molecule has 0 aromatic heterocycles. The Morgan fingerprint density at radius 2 is 1.90 bits per heavy atom. The molecule has 0 amide bonds. The number of hydrogen-bond acceptors (Lipinski definition) is 2. The molecule has 4 rings (SSSR count). The zero-order valence-electron chi connectivity index (χ0n) is 21.1. The summed E-state index contributed by atoms with van der Waals surface area (Å²) in [4.78, 5) is 12.7. The largest absolute Gasteiger partial charge is 0.393 e. The van der Waals surface area contributed by atoms with Crippen LogP contribution < -0.4 is 0 Å². The molecule has 0 radical (unpaired) electrons. The highest BCUT2D eigenvalue weighted by Gasteiger charge is 2.64. The molecule has 31 heavy (non-hydrogen) atoms. The Balaban J connectivity index is 1.61. The fourth-order valence-electron chi connectivity index (χ4n) is 8.98. The average molecular weight is 427 g/mol. The molecule has 0 spiro atoms. The van der Waals surface area contributed by atoms with E-state index in [9.17, 15) is 9.90 Å². The fourth-order valence-corrected chi connectivity index (χ4v) is 8.98. The smallest absolute Gasteiger partial charge is 0.142 e. The van der Waals surface area contributed by atoms with Gasteiger partial charge >= 0.3 is 0 Å². The topological polar surface area (TPSA) is 37.3 Å². The first-order chi connectivity index (χ1) is 14.4. The van der Waals surface area contributed by atoms with E-state index in [0.717, 1.165) is 25.7 Å². The Morgan fingerprint density at radius 3 is 2.58 bits per heavy atom. The maximum absolute atomic E-state index is 12.7. The first kappa shape index (κ1) is 23.3. The first-order valence-electron chi connectivity index (χ1n) is 13.0. The van der Waals surface area contributed by atoms with Crippen molar-refractivity contribution in [1.82, 2.24) is 0 Å². The molecule has 8 atom stereocenters. The first-order valence-corrected chi connectivity index (χ1v) is 13.0.